The van der Waals surface area contributed by atoms with Crippen LogP contribution in [0.25, 0.3) is 0 Å². The molecule has 5 atom stereocenters. The molecule has 0 aliphatic heterocycles. The van der Waals surface area contributed by atoms with Gasteiger partial charge < -0.3 is 0 Å². The Labute approximate surface area is 143 Å². The highest BCUT2D eigenvalue weighted by Gasteiger charge is 2.56. The highest BCUT2D eigenvalue weighted by atomic mass is 16.2. The van der Waals surface area contributed by atoms with Crippen molar-refractivity contribution in [3.63, 3.8) is 0 Å². The van der Waals surface area contributed by atoms with E-state index in [0.29, 0.717) is 30.3 Å². The maximum Gasteiger partial charge on any atom is 0.199 e. The monoisotopic (exact) mass is 326 g/mol. The number of carbonyl (C=O) groups is 3. The Morgan fingerprint density at radius 2 is 1.96 bits per heavy atom. The van der Waals surface area contributed by atoms with Crippen molar-refractivity contribution in [2.24, 2.45) is 28.6 Å². The van der Waals surface area contributed by atoms with E-state index in [1.807, 2.05) is 6.08 Å². The first kappa shape index (κ1) is 16.0. The molecule has 0 aromatic rings. The molecule has 4 aliphatic carbocycles. The third-order valence-corrected chi connectivity index (χ3v) is 7.82. The van der Waals surface area contributed by atoms with E-state index < -0.39 is 0 Å². The summed E-state index contributed by atoms with van der Waals surface area (Å²) in [5, 5.41) is 0. The van der Waals surface area contributed by atoms with Gasteiger partial charge in [-0.25, -0.2) is 0 Å². The van der Waals surface area contributed by atoms with Gasteiger partial charge in [0.1, 0.15) is 0 Å². The minimum Gasteiger partial charge on any atom is -0.295 e. The van der Waals surface area contributed by atoms with E-state index in [1.54, 1.807) is 0 Å². The van der Waals surface area contributed by atoms with Crippen molar-refractivity contribution in [1.29, 1.82) is 0 Å². The van der Waals surface area contributed by atoms with Crippen molar-refractivity contribution >= 4 is 17.9 Å². The molecule has 3 nitrogen and oxygen atoms in total. The molecule has 2 fully saturated rings. The van der Waals surface area contributed by atoms with Crippen LogP contribution in [-0.2, 0) is 14.4 Å². The zero-order chi connectivity index (χ0) is 17.1. The topological polar surface area (TPSA) is 51.2 Å². The molecule has 0 unspecified atom stereocenters. The van der Waals surface area contributed by atoms with Crippen LogP contribution in [0.2, 0.25) is 0 Å². The molecule has 0 amide bonds. The van der Waals surface area contributed by atoms with Crippen molar-refractivity contribution in [1.82, 2.24) is 0 Å². The molecule has 3 heteroatoms. The fourth-order valence-corrected chi connectivity index (χ4v) is 6.40. The maximum absolute atomic E-state index is 12.1. The zero-order valence-corrected chi connectivity index (χ0v) is 14.6. The Kier molecular flexibility index (Phi) is 3.49. The summed E-state index contributed by atoms with van der Waals surface area (Å²) in [5.74, 6) is 1.01. The fraction of sp³-hybridized carbons (Fsp3) is 0.667. The smallest absolute Gasteiger partial charge is 0.199 e. The molecule has 0 aromatic carbocycles. The molecular weight excluding hydrogens is 300 g/mol. The van der Waals surface area contributed by atoms with E-state index >= 15 is 0 Å². The summed E-state index contributed by atoms with van der Waals surface area (Å²) < 4.78 is 0. The standard InChI is InChI=1S/C21H26O3/c1-20-9-7-14(23)11-13(20)3-4-15-16-5-6-18(19(24)12-22)21(16,2)10-8-17(15)20/h5,11-12,15,17-18H,3-4,6-10H2,1-2H3/t15-,17-,18+,20-,21-/m0/s1. The van der Waals surface area contributed by atoms with Gasteiger partial charge in [-0.2, -0.15) is 0 Å². The van der Waals surface area contributed by atoms with Crippen LogP contribution in [0.1, 0.15) is 58.8 Å². The minimum atomic E-state index is -0.229. The molecular formula is C21H26O3. The van der Waals surface area contributed by atoms with Gasteiger partial charge >= 0.3 is 0 Å². The van der Waals surface area contributed by atoms with Gasteiger partial charge in [0.25, 0.3) is 0 Å². The molecule has 0 spiro atoms. The summed E-state index contributed by atoms with van der Waals surface area (Å²) in [4.78, 5) is 35.0. The number of rotatable bonds is 2. The second-order valence-corrected chi connectivity index (χ2v) is 8.73. The predicted octanol–water partition coefficient (Wildman–Crippen LogP) is 3.82. The lowest BCUT2D eigenvalue weighted by Gasteiger charge is -2.56. The number of hydrogen-bond donors (Lipinski definition) is 0. The molecule has 4 rings (SSSR count). The van der Waals surface area contributed by atoms with Crippen LogP contribution < -0.4 is 0 Å². The minimum absolute atomic E-state index is 0.124. The summed E-state index contributed by atoms with van der Waals surface area (Å²) in [6.45, 7) is 4.56. The number of aldehydes is 1. The second kappa shape index (κ2) is 5.24. The molecule has 0 aromatic heterocycles. The van der Waals surface area contributed by atoms with Gasteiger partial charge in [-0.1, -0.05) is 31.1 Å². The summed E-state index contributed by atoms with van der Waals surface area (Å²) in [6.07, 6.45) is 11.3. The van der Waals surface area contributed by atoms with Crippen molar-refractivity contribution in [3.05, 3.63) is 23.3 Å². The van der Waals surface area contributed by atoms with Crippen LogP contribution in [0.5, 0.6) is 0 Å². The van der Waals surface area contributed by atoms with E-state index in [9.17, 15) is 14.4 Å². The average Bonchev–Trinajstić information content (AvgIpc) is 2.92. The Hall–Kier alpha value is -1.51. The van der Waals surface area contributed by atoms with Crippen LogP contribution in [0, 0.1) is 28.6 Å². The molecule has 128 valence electrons. The number of hydrogen-bond acceptors (Lipinski definition) is 3. The zero-order valence-electron chi connectivity index (χ0n) is 14.6. The number of fused-ring (bicyclic) bond motifs is 5. The number of Topliss-reactive ketones (excluding diaryl/α,β-unsaturated/α-hetero) is 1. The van der Waals surface area contributed by atoms with E-state index in [-0.39, 0.29) is 22.5 Å². The number of allylic oxidation sites excluding steroid dienone is 4. The Morgan fingerprint density at radius 1 is 1.17 bits per heavy atom. The number of carbonyl (C=O) groups excluding carboxylic acids is 3. The second-order valence-electron chi connectivity index (χ2n) is 8.73. The highest BCUT2D eigenvalue weighted by molar-refractivity contribution is 6.26. The van der Waals surface area contributed by atoms with Crippen molar-refractivity contribution in [2.45, 2.75) is 58.8 Å². The van der Waals surface area contributed by atoms with Crippen LogP contribution in [0.4, 0.5) is 0 Å². The van der Waals surface area contributed by atoms with Crippen molar-refractivity contribution < 1.29 is 14.4 Å². The lowest BCUT2D eigenvalue weighted by atomic mass is 9.48. The van der Waals surface area contributed by atoms with Gasteiger partial charge in [-0.3, -0.25) is 14.4 Å². The van der Waals surface area contributed by atoms with Gasteiger partial charge in [-0.15, -0.1) is 0 Å². The lowest BCUT2D eigenvalue weighted by molar-refractivity contribution is -0.135. The van der Waals surface area contributed by atoms with E-state index in [1.165, 1.54) is 11.1 Å². The van der Waals surface area contributed by atoms with Crippen LogP contribution in [0.3, 0.4) is 0 Å². The third kappa shape index (κ3) is 1.99. The SMILES string of the molecule is C[C@]12CC[C@H]3[C@@H](CCC4=CC(=O)CC[C@@]43C)C1=CC[C@@H]2C(=O)C=O. The summed E-state index contributed by atoms with van der Waals surface area (Å²) >= 11 is 0. The van der Waals surface area contributed by atoms with Gasteiger partial charge in [0.15, 0.2) is 17.9 Å². The molecule has 2 saturated carbocycles. The normalized spacial score (nSPS) is 43.9. The molecule has 24 heavy (non-hydrogen) atoms. The molecule has 0 saturated heterocycles. The maximum atomic E-state index is 12.1. The van der Waals surface area contributed by atoms with E-state index in [4.69, 9.17) is 0 Å². The summed E-state index contributed by atoms with van der Waals surface area (Å²) in [6, 6.07) is 0. The fourth-order valence-electron chi connectivity index (χ4n) is 6.40. The van der Waals surface area contributed by atoms with Crippen molar-refractivity contribution in [2.75, 3.05) is 0 Å². The van der Waals surface area contributed by atoms with Gasteiger partial charge in [0.05, 0.1) is 0 Å². The number of ketones is 2. The molecule has 0 N–H and O–H groups in total. The molecule has 0 bridgehead atoms. The summed E-state index contributed by atoms with van der Waals surface area (Å²) in [5.41, 5.74) is 2.83. The van der Waals surface area contributed by atoms with Gasteiger partial charge in [-0.05, 0) is 67.3 Å². The Bertz CT molecular complexity index is 685. The predicted molar refractivity (Wildman–Crippen MR) is 91.2 cm³/mol. The van der Waals surface area contributed by atoms with E-state index in [2.05, 4.69) is 19.9 Å². The summed E-state index contributed by atoms with van der Waals surface area (Å²) in [7, 11) is 0. The van der Waals surface area contributed by atoms with Gasteiger partial charge in [0.2, 0.25) is 0 Å². The highest BCUT2D eigenvalue weighted by Crippen LogP contribution is 2.64. The van der Waals surface area contributed by atoms with Crippen molar-refractivity contribution in [3.8, 4) is 0 Å². The Morgan fingerprint density at radius 3 is 2.71 bits per heavy atom. The first-order chi connectivity index (χ1) is 11.4. The van der Waals surface area contributed by atoms with Gasteiger partial charge in [0, 0.05) is 12.3 Å². The largest absolute Gasteiger partial charge is 0.295 e. The third-order valence-electron chi connectivity index (χ3n) is 7.82. The first-order valence-corrected chi connectivity index (χ1v) is 9.33. The quantitative estimate of drug-likeness (QED) is 0.440. The molecule has 4 aliphatic rings. The van der Waals surface area contributed by atoms with Crippen LogP contribution >= 0.6 is 0 Å². The van der Waals surface area contributed by atoms with Crippen LogP contribution in [-0.4, -0.2) is 17.9 Å². The Balaban J connectivity index is 1.68. The van der Waals surface area contributed by atoms with Crippen LogP contribution in [0.15, 0.2) is 23.3 Å². The molecule has 0 radical (unpaired) electrons. The average molecular weight is 326 g/mol. The lowest BCUT2D eigenvalue weighted by Crippen LogP contribution is -2.48. The first-order valence-electron chi connectivity index (χ1n) is 9.33. The van der Waals surface area contributed by atoms with E-state index in [0.717, 1.165) is 38.5 Å². The molecule has 0 heterocycles.